The summed E-state index contributed by atoms with van der Waals surface area (Å²) in [6.45, 7) is 0. The number of carbonyl (C=O) groups excluding carboxylic acids is 1. The number of nitrogens with zero attached hydrogens (tertiary/aromatic N) is 1. The zero-order chi connectivity index (χ0) is 12.8. The molecule has 90 valence electrons. The third-order valence-corrected chi connectivity index (χ3v) is 3.29. The summed E-state index contributed by atoms with van der Waals surface area (Å²) in [6.07, 6.45) is 1.64. The second kappa shape index (κ2) is 6.30. The molecule has 1 N–H and O–H groups in total. The summed E-state index contributed by atoms with van der Waals surface area (Å²) >= 11 is 2.23. The van der Waals surface area contributed by atoms with Crippen molar-refractivity contribution in [3.63, 3.8) is 0 Å². The first-order valence-corrected chi connectivity index (χ1v) is 6.48. The molecule has 1 amide bonds. The van der Waals surface area contributed by atoms with Crippen LogP contribution in [0.4, 0.5) is 0 Å². The summed E-state index contributed by atoms with van der Waals surface area (Å²) in [5.74, 6) is -0.210. The molecule has 0 saturated heterocycles. The number of hydrogen-bond acceptors (Lipinski definition) is 2. The van der Waals surface area contributed by atoms with Crippen molar-refractivity contribution < 1.29 is 4.79 Å². The molecule has 18 heavy (non-hydrogen) atoms. The van der Waals surface area contributed by atoms with Gasteiger partial charge in [-0.3, -0.25) is 4.79 Å². The first kappa shape index (κ1) is 12.8. The number of benzene rings is 2. The molecular formula is C14H11IN2O. The van der Waals surface area contributed by atoms with Crippen LogP contribution in [-0.4, -0.2) is 12.1 Å². The van der Waals surface area contributed by atoms with Crippen molar-refractivity contribution in [3.05, 3.63) is 69.3 Å². The van der Waals surface area contributed by atoms with Crippen LogP contribution >= 0.6 is 22.6 Å². The lowest BCUT2D eigenvalue weighted by atomic mass is 10.2. The Morgan fingerprint density at radius 2 is 1.72 bits per heavy atom. The van der Waals surface area contributed by atoms with E-state index in [2.05, 4.69) is 33.1 Å². The van der Waals surface area contributed by atoms with Crippen LogP contribution in [0.5, 0.6) is 0 Å². The van der Waals surface area contributed by atoms with Crippen LogP contribution in [0.3, 0.4) is 0 Å². The smallest absolute Gasteiger partial charge is 0.267 e. The van der Waals surface area contributed by atoms with Gasteiger partial charge in [0.1, 0.15) is 0 Å². The fraction of sp³-hybridized carbons (Fsp3) is 0. The molecule has 0 radical (unpaired) electrons. The first-order valence-electron chi connectivity index (χ1n) is 5.40. The van der Waals surface area contributed by atoms with E-state index in [-0.39, 0.29) is 5.91 Å². The SMILES string of the molecule is O=C(N/N=C\c1ccccc1I)c1ccccc1. The van der Waals surface area contributed by atoms with Crippen LogP contribution in [0.1, 0.15) is 15.9 Å². The largest absolute Gasteiger partial charge is 0.271 e. The second-order valence-electron chi connectivity index (χ2n) is 3.59. The van der Waals surface area contributed by atoms with Crippen molar-refractivity contribution >= 4 is 34.7 Å². The number of hydrogen-bond donors (Lipinski definition) is 1. The monoisotopic (exact) mass is 350 g/mol. The predicted octanol–water partition coefficient (Wildman–Crippen LogP) is 3.06. The van der Waals surface area contributed by atoms with Crippen LogP contribution in [0.2, 0.25) is 0 Å². The van der Waals surface area contributed by atoms with Crippen LogP contribution in [-0.2, 0) is 0 Å². The molecule has 0 atom stereocenters. The Morgan fingerprint density at radius 1 is 1.06 bits per heavy atom. The van der Waals surface area contributed by atoms with Gasteiger partial charge in [0.15, 0.2) is 0 Å². The highest BCUT2D eigenvalue weighted by Crippen LogP contribution is 2.08. The average Bonchev–Trinajstić information content (AvgIpc) is 2.42. The first-order chi connectivity index (χ1) is 8.77. The molecule has 2 aromatic rings. The van der Waals surface area contributed by atoms with Crippen molar-refractivity contribution in [3.8, 4) is 0 Å². The van der Waals surface area contributed by atoms with E-state index in [1.165, 1.54) is 0 Å². The lowest BCUT2D eigenvalue weighted by molar-refractivity contribution is 0.0955. The Bertz CT molecular complexity index is 567. The van der Waals surface area contributed by atoms with Crippen molar-refractivity contribution in [1.82, 2.24) is 5.43 Å². The van der Waals surface area contributed by atoms with Gasteiger partial charge in [0.2, 0.25) is 0 Å². The molecular weight excluding hydrogens is 339 g/mol. The van der Waals surface area contributed by atoms with Crippen LogP contribution in [0, 0.1) is 3.57 Å². The summed E-state index contributed by atoms with van der Waals surface area (Å²) < 4.78 is 1.09. The third kappa shape index (κ3) is 3.40. The van der Waals surface area contributed by atoms with Gasteiger partial charge in [-0.2, -0.15) is 5.10 Å². The van der Waals surface area contributed by atoms with Gasteiger partial charge < -0.3 is 0 Å². The van der Waals surface area contributed by atoms with E-state index in [0.717, 1.165) is 9.13 Å². The summed E-state index contributed by atoms with van der Waals surface area (Å²) in [6, 6.07) is 16.8. The summed E-state index contributed by atoms with van der Waals surface area (Å²) in [5, 5.41) is 3.95. The molecule has 0 bridgehead atoms. The minimum Gasteiger partial charge on any atom is -0.267 e. The van der Waals surface area contributed by atoms with Gasteiger partial charge in [-0.15, -0.1) is 0 Å². The number of hydrazone groups is 1. The lowest BCUT2D eigenvalue weighted by Crippen LogP contribution is -2.17. The molecule has 4 heteroatoms. The molecule has 2 aromatic carbocycles. The topological polar surface area (TPSA) is 41.5 Å². The molecule has 0 aliphatic rings. The third-order valence-electron chi connectivity index (χ3n) is 2.31. The van der Waals surface area contributed by atoms with E-state index in [1.54, 1.807) is 18.3 Å². The minimum atomic E-state index is -0.210. The van der Waals surface area contributed by atoms with E-state index in [0.29, 0.717) is 5.56 Å². The maximum absolute atomic E-state index is 11.7. The zero-order valence-electron chi connectivity index (χ0n) is 9.51. The van der Waals surface area contributed by atoms with Crippen molar-refractivity contribution in [2.75, 3.05) is 0 Å². The Morgan fingerprint density at radius 3 is 2.44 bits per heavy atom. The van der Waals surface area contributed by atoms with E-state index in [9.17, 15) is 4.79 Å². The Labute approximate surface area is 119 Å². The molecule has 0 aliphatic heterocycles. The van der Waals surface area contributed by atoms with Gasteiger partial charge in [-0.25, -0.2) is 5.43 Å². The maximum atomic E-state index is 11.7. The molecule has 3 nitrogen and oxygen atoms in total. The average molecular weight is 350 g/mol. The number of nitrogens with one attached hydrogen (secondary N) is 1. The molecule has 0 heterocycles. The normalized spacial score (nSPS) is 10.5. The molecule has 0 spiro atoms. The number of amides is 1. The van der Waals surface area contributed by atoms with Gasteiger partial charge >= 0.3 is 0 Å². The Hall–Kier alpha value is -1.69. The van der Waals surface area contributed by atoms with Crippen LogP contribution < -0.4 is 5.43 Å². The highest BCUT2D eigenvalue weighted by atomic mass is 127. The van der Waals surface area contributed by atoms with Gasteiger partial charge in [0.05, 0.1) is 6.21 Å². The quantitative estimate of drug-likeness (QED) is 0.516. The fourth-order valence-corrected chi connectivity index (χ4v) is 1.92. The molecule has 2 rings (SSSR count). The number of rotatable bonds is 3. The molecule has 0 aliphatic carbocycles. The van der Waals surface area contributed by atoms with Crippen molar-refractivity contribution in [2.24, 2.45) is 5.10 Å². The van der Waals surface area contributed by atoms with Gasteiger partial charge in [0.25, 0.3) is 5.91 Å². The van der Waals surface area contributed by atoms with Crippen LogP contribution in [0.15, 0.2) is 59.7 Å². The lowest BCUT2D eigenvalue weighted by Gasteiger charge is -1.99. The van der Waals surface area contributed by atoms with Gasteiger partial charge in [-0.05, 0) is 40.8 Å². The molecule has 0 unspecified atom stereocenters. The van der Waals surface area contributed by atoms with E-state index >= 15 is 0 Å². The van der Waals surface area contributed by atoms with Gasteiger partial charge in [0, 0.05) is 14.7 Å². The molecule has 0 saturated carbocycles. The Balaban J connectivity index is 2.00. The zero-order valence-corrected chi connectivity index (χ0v) is 11.7. The van der Waals surface area contributed by atoms with E-state index < -0.39 is 0 Å². The van der Waals surface area contributed by atoms with Crippen molar-refractivity contribution in [2.45, 2.75) is 0 Å². The van der Waals surface area contributed by atoms with E-state index in [1.807, 2.05) is 42.5 Å². The Kier molecular flexibility index (Phi) is 4.46. The van der Waals surface area contributed by atoms with E-state index in [4.69, 9.17) is 0 Å². The predicted molar refractivity (Wildman–Crippen MR) is 80.7 cm³/mol. The standard InChI is InChI=1S/C14H11IN2O/c15-13-9-5-4-8-12(13)10-16-17-14(18)11-6-2-1-3-7-11/h1-10H,(H,17,18)/b16-10-. The minimum absolute atomic E-state index is 0.210. The highest BCUT2D eigenvalue weighted by Gasteiger charge is 2.01. The molecule has 0 aromatic heterocycles. The molecule has 0 fully saturated rings. The second-order valence-corrected chi connectivity index (χ2v) is 4.75. The van der Waals surface area contributed by atoms with Crippen LogP contribution in [0.25, 0.3) is 0 Å². The maximum Gasteiger partial charge on any atom is 0.271 e. The summed E-state index contributed by atoms with van der Waals surface area (Å²) in [4.78, 5) is 11.7. The van der Waals surface area contributed by atoms with Crippen molar-refractivity contribution in [1.29, 1.82) is 0 Å². The fourth-order valence-electron chi connectivity index (χ4n) is 1.39. The summed E-state index contributed by atoms with van der Waals surface area (Å²) in [7, 11) is 0. The summed E-state index contributed by atoms with van der Waals surface area (Å²) in [5.41, 5.74) is 4.07. The number of carbonyl (C=O) groups is 1. The van der Waals surface area contributed by atoms with Gasteiger partial charge in [-0.1, -0.05) is 36.4 Å². The highest BCUT2D eigenvalue weighted by molar-refractivity contribution is 14.1. The number of halogens is 1.